The number of unbranched alkanes of at least 4 members (excludes halogenated alkanes) is 7. The molecule has 1 saturated carbocycles. The lowest BCUT2D eigenvalue weighted by atomic mass is 9.96. The summed E-state index contributed by atoms with van der Waals surface area (Å²) in [4.78, 5) is 22.1. The van der Waals surface area contributed by atoms with Crippen LogP contribution < -0.4 is 10.6 Å². The zero-order valence-corrected chi connectivity index (χ0v) is 14.4. The van der Waals surface area contributed by atoms with Crippen LogP contribution in [-0.4, -0.2) is 29.7 Å². The second-order valence-corrected chi connectivity index (χ2v) is 6.71. The molecule has 0 aliphatic heterocycles. The second kappa shape index (κ2) is 13.2. The number of amides is 2. The number of urea groups is 1. The molecule has 0 radical (unpaired) electrons. The molecule has 0 unspecified atom stereocenters. The van der Waals surface area contributed by atoms with Crippen LogP contribution in [0.3, 0.4) is 0 Å². The highest BCUT2D eigenvalue weighted by atomic mass is 16.4. The number of nitrogens with one attached hydrogen (secondary N) is 2. The van der Waals surface area contributed by atoms with Crippen molar-refractivity contribution in [1.29, 1.82) is 0 Å². The van der Waals surface area contributed by atoms with Gasteiger partial charge in [0.1, 0.15) is 0 Å². The van der Waals surface area contributed by atoms with Crippen LogP contribution in [0.4, 0.5) is 4.79 Å². The van der Waals surface area contributed by atoms with Crippen LogP contribution in [-0.2, 0) is 4.79 Å². The van der Waals surface area contributed by atoms with Crippen molar-refractivity contribution in [2.45, 2.75) is 95.9 Å². The molecule has 1 rings (SSSR count). The minimum atomic E-state index is -0.690. The Morgan fingerprint density at radius 2 is 1.39 bits per heavy atom. The summed E-state index contributed by atoms with van der Waals surface area (Å²) in [5.41, 5.74) is 0. The zero-order valence-electron chi connectivity index (χ0n) is 14.4. The Labute approximate surface area is 140 Å². The van der Waals surface area contributed by atoms with Crippen molar-refractivity contribution in [2.75, 3.05) is 6.54 Å². The third kappa shape index (κ3) is 11.9. The molecule has 0 heterocycles. The van der Waals surface area contributed by atoms with Gasteiger partial charge in [0.2, 0.25) is 0 Å². The number of carboxylic acid groups (broad SMARTS) is 1. The standard InChI is InChI=1S/C18H34N2O3/c21-17(22)14-10-5-3-1-2-4-6-11-15-19-18(23)20-16-12-8-7-9-13-16/h16H,1-15H2,(H,21,22)(H2,19,20,23). The lowest BCUT2D eigenvalue weighted by Gasteiger charge is -2.22. The first-order valence-corrected chi connectivity index (χ1v) is 9.44. The lowest BCUT2D eigenvalue weighted by molar-refractivity contribution is -0.137. The van der Waals surface area contributed by atoms with E-state index in [4.69, 9.17) is 5.11 Å². The minimum Gasteiger partial charge on any atom is -0.481 e. The van der Waals surface area contributed by atoms with Gasteiger partial charge in [-0.2, -0.15) is 0 Å². The van der Waals surface area contributed by atoms with Gasteiger partial charge in [-0.05, 0) is 25.7 Å². The van der Waals surface area contributed by atoms with Crippen LogP contribution in [0.2, 0.25) is 0 Å². The molecule has 3 N–H and O–H groups in total. The van der Waals surface area contributed by atoms with Crippen LogP contribution in [0.15, 0.2) is 0 Å². The first-order chi connectivity index (χ1) is 11.2. The SMILES string of the molecule is O=C(O)CCCCCCCCCCNC(=O)NC1CCCCC1. The fraction of sp³-hybridized carbons (Fsp3) is 0.889. The summed E-state index contributed by atoms with van der Waals surface area (Å²) in [7, 11) is 0. The number of hydrogen-bond acceptors (Lipinski definition) is 2. The summed E-state index contributed by atoms with van der Waals surface area (Å²) in [6.07, 6.45) is 15.1. The summed E-state index contributed by atoms with van der Waals surface area (Å²) in [6.45, 7) is 0.761. The number of carbonyl (C=O) groups is 2. The fourth-order valence-corrected chi connectivity index (χ4v) is 3.15. The van der Waals surface area contributed by atoms with E-state index in [1.807, 2.05) is 0 Å². The molecule has 1 fully saturated rings. The van der Waals surface area contributed by atoms with E-state index in [9.17, 15) is 9.59 Å². The highest BCUT2D eigenvalue weighted by molar-refractivity contribution is 5.74. The molecule has 134 valence electrons. The Balaban J connectivity index is 1.80. The Morgan fingerprint density at radius 3 is 2.00 bits per heavy atom. The van der Waals surface area contributed by atoms with Crippen LogP contribution in [0, 0.1) is 0 Å². The van der Waals surface area contributed by atoms with Gasteiger partial charge in [-0.3, -0.25) is 4.79 Å². The monoisotopic (exact) mass is 326 g/mol. The Kier molecular flexibility index (Phi) is 11.4. The number of rotatable bonds is 12. The van der Waals surface area contributed by atoms with Crippen molar-refractivity contribution in [2.24, 2.45) is 0 Å². The van der Waals surface area contributed by atoms with Crippen molar-refractivity contribution in [3.8, 4) is 0 Å². The molecule has 1 aliphatic rings. The highest BCUT2D eigenvalue weighted by Crippen LogP contribution is 2.17. The van der Waals surface area contributed by atoms with Gasteiger partial charge >= 0.3 is 12.0 Å². The predicted octanol–water partition coefficient (Wildman–Crippen LogP) is 4.21. The predicted molar refractivity (Wildman–Crippen MR) is 92.6 cm³/mol. The molecule has 0 spiro atoms. The average molecular weight is 326 g/mol. The smallest absolute Gasteiger partial charge is 0.315 e. The summed E-state index contributed by atoms with van der Waals surface area (Å²) < 4.78 is 0. The first-order valence-electron chi connectivity index (χ1n) is 9.44. The zero-order chi connectivity index (χ0) is 16.8. The Bertz CT molecular complexity index is 328. The fourth-order valence-electron chi connectivity index (χ4n) is 3.15. The van der Waals surface area contributed by atoms with Crippen LogP contribution in [0.1, 0.15) is 89.9 Å². The van der Waals surface area contributed by atoms with Gasteiger partial charge in [-0.1, -0.05) is 57.8 Å². The third-order valence-electron chi connectivity index (χ3n) is 4.54. The van der Waals surface area contributed by atoms with E-state index in [0.717, 1.165) is 51.5 Å². The molecule has 1 aliphatic carbocycles. The first kappa shape index (κ1) is 19.8. The summed E-state index contributed by atoms with van der Waals surface area (Å²) in [5.74, 6) is -0.690. The van der Waals surface area contributed by atoms with Gasteiger partial charge in [0.15, 0.2) is 0 Å². The molecule has 0 aromatic rings. The van der Waals surface area contributed by atoms with E-state index in [-0.39, 0.29) is 6.03 Å². The Hall–Kier alpha value is -1.26. The van der Waals surface area contributed by atoms with E-state index in [2.05, 4.69) is 10.6 Å². The number of hydrogen-bond donors (Lipinski definition) is 3. The number of aliphatic carboxylic acids is 1. The molecule has 5 heteroatoms. The molecule has 0 bridgehead atoms. The van der Waals surface area contributed by atoms with E-state index < -0.39 is 5.97 Å². The van der Waals surface area contributed by atoms with E-state index >= 15 is 0 Å². The van der Waals surface area contributed by atoms with Gasteiger partial charge in [0, 0.05) is 19.0 Å². The molecule has 2 amide bonds. The van der Waals surface area contributed by atoms with E-state index in [1.54, 1.807) is 0 Å². The van der Waals surface area contributed by atoms with Crippen LogP contribution in [0.25, 0.3) is 0 Å². The normalized spacial score (nSPS) is 15.3. The van der Waals surface area contributed by atoms with Crippen molar-refractivity contribution < 1.29 is 14.7 Å². The molecule has 0 atom stereocenters. The molecule has 23 heavy (non-hydrogen) atoms. The summed E-state index contributed by atoms with van der Waals surface area (Å²) >= 11 is 0. The van der Waals surface area contributed by atoms with E-state index in [1.165, 1.54) is 38.5 Å². The molecular weight excluding hydrogens is 292 g/mol. The molecule has 0 aromatic carbocycles. The number of carbonyl (C=O) groups excluding carboxylic acids is 1. The maximum atomic E-state index is 11.7. The van der Waals surface area contributed by atoms with Crippen molar-refractivity contribution >= 4 is 12.0 Å². The molecular formula is C18H34N2O3. The largest absolute Gasteiger partial charge is 0.481 e. The lowest BCUT2D eigenvalue weighted by Crippen LogP contribution is -2.43. The highest BCUT2D eigenvalue weighted by Gasteiger charge is 2.14. The second-order valence-electron chi connectivity index (χ2n) is 6.71. The maximum Gasteiger partial charge on any atom is 0.315 e. The minimum absolute atomic E-state index is 0.00432. The van der Waals surface area contributed by atoms with Gasteiger partial charge in [0.25, 0.3) is 0 Å². The maximum absolute atomic E-state index is 11.7. The van der Waals surface area contributed by atoms with Gasteiger partial charge in [-0.25, -0.2) is 4.79 Å². The topological polar surface area (TPSA) is 78.4 Å². The molecule has 5 nitrogen and oxygen atoms in total. The van der Waals surface area contributed by atoms with E-state index in [0.29, 0.717) is 12.5 Å². The van der Waals surface area contributed by atoms with Crippen molar-refractivity contribution in [1.82, 2.24) is 10.6 Å². The quantitative estimate of drug-likeness (QED) is 0.470. The Morgan fingerprint density at radius 1 is 0.826 bits per heavy atom. The number of carboxylic acids is 1. The molecule has 0 aromatic heterocycles. The van der Waals surface area contributed by atoms with Crippen LogP contribution >= 0.6 is 0 Å². The van der Waals surface area contributed by atoms with Crippen molar-refractivity contribution in [3.63, 3.8) is 0 Å². The molecule has 0 saturated heterocycles. The third-order valence-corrected chi connectivity index (χ3v) is 4.54. The summed E-state index contributed by atoms with van der Waals surface area (Å²) in [6, 6.07) is 0.375. The summed E-state index contributed by atoms with van der Waals surface area (Å²) in [5, 5.41) is 14.6. The van der Waals surface area contributed by atoms with Gasteiger partial charge < -0.3 is 15.7 Å². The average Bonchev–Trinajstić information content (AvgIpc) is 2.53. The van der Waals surface area contributed by atoms with Gasteiger partial charge in [0.05, 0.1) is 0 Å². The van der Waals surface area contributed by atoms with Crippen LogP contribution in [0.5, 0.6) is 0 Å². The van der Waals surface area contributed by atoms with Gasteiger partial charge in [-0.15, -0.1) is 0 Å². The van der Waals surface area contributed by atoms with Crippen molar-refractivity contribution in [3.05, 3.63) is 0 Å².